The summed E-state index contributed by atoms with van der Waals surface area (Å²) in [6.07, 6.45) is 14.3. The fourth-order valence-electron chi connectivity index (χ4n) is 12.0. The highest BCUT2D eigenvalue weighted by molar-refractivity contribution is 7.16. The van der Waals surface area contributed by atoms with Crippen molar-refractivity contribution in [2.75, 3.05) is 18.1 Å². The van der Waals surface area contributed by atoms with Crippen molar-refractivity contribution in [1.29, 1.82) is 0 Å². The number of barbiturate groups is 1. The maximum absolute atomic E-state index is 13.7. The number of hydrogen-bond donors (Lipinski definition) is 2. The summed E-state index contributed by atoms with van der Waals surface area (Å²) in [4.78, 5) is 61.6. The molecule has 4 amide bonds. The van der Waals surface area contributed by atoms with Crippen LogP contribution in [0.3, 0.4) is 0 Å². The van der Waals surface area contributed by atoms with Crippen LogP contribution in [0.2, 0.25) is 0 Å². The van der Waals surface area contributed by atoms with Crippen molar-refractivity contribution >= 4 is 58.3 Å². The number of rotatable bonds is 23. The Bertz CT molecular complexity index is 3000. The summed E-state index contributed by atoms with van der Waals surface area (Å²) in [6.45, 7) is 11.8. The lowest BCUT2D eigenvalue weighted by molar-refractivity contribution is -0.236. The van der Waals surface area contributed by atoms with Gasteiger partial charge >= 0.3 is 12.0 Å². The second-order valence-electron chi connectivity index (χ2n) is 20.1. The van der Waals surface area contributed by atoms with Crippen LogP contribution in [0.4, 0.5) is 21.9 Å². The lowest BCUT2D eigenvalue weighted by atomic mass is 9.70. The largest absolute Gasteiger partial charge is 0.481 e. The number of hydrogen-bond acceptors (Lipinski definition) is 8. The van der Waals surface area contributed by atoms with Crippen LogP contribution in [0.1, 0.15) is 138 Å². The highest BCUT2D eigenvalue weighted by atomic mass is 32.1. The second kappa shape index (κ2) is 22.3. The van der Waals surface area contributed by atoms with E-state index < -0.39 is 43.4 Å². The van der Waals surface area contributed by atoms with Gasteiger partial charge in [-0.1, -0.05) is 158 Å². The average Bonchev–Trinajstić information content (AvgIpc) is 4.09. The lowest BCUT2D eigenvalue weighted by Crippen LogP contribution is -2.56. The number of urea groups is 1. The Kier molecular flexibility index (Phi) is 15.6. The number of fused-ring (bicyclic) bond motifs is 6. The van der Waals surface area contributed by atoms with Crippen LogP contribution < -0.4 is 4.90 Å². The molecule has 3 aliphatic rings. The van der Waals surface area contributed by atoms with Gasteiger partial charge in [-0.2, -0.15) is 0 Å². The monoisotopic (exact) mass is 1010 g/mol. The predicted molar refractivity (Wildman–Crippen MR) is 297 cm³/mol. The van der Waals surface area contributed by atoms with Crippen molar-refractivity contribution in [3.8, 4) is 32.7 Å². The molecule has 0 radical (unpaired) electrons. The van der Waals surface area contributed by atoms with Crippen molar-refractivity contribution in [2.45, 2.75) is 122 Å². The number of carbonyl (C=O) groups is 4. The zero-order valence-corrected chi connectivity index (χ0v) is 43.9. The Morgan fingerprint density at radius 3 is 1.61 bits per heavy atom. The summed E-state index contributed by atoms with van der Waals surface area (Å²) in [7, 11) is 0. The van der Waals surface area contributed by atoms with E-state index in [1.54, 1.807) is 6.07 Å². The normalized spacial score (nSPS) is 15.6. The quantitative estimate of drug-likeness (QED) is 0.0281. The van der Waals surface area contributed by atoms with Crippen molar-refractivity contribution in [3.63, 3.8) is 0 Å². The zero-order valence-electron chi connectivity index (χ0n) is 43.1. The Hall–Kier alpha value is -6.92. The highest BCUT2D eigenvalue weighted by Gasteiger charge is 2.46. The molecule has 382 valence electrons. The van der Waals surface area contributed by atoms with Crippen molar-refractivity contribution in [3.05, 3.63) is 166 Å². The molecule has 2 heterocycles. The van der Waals surface area contributed by atoms with Gasteiger partial charge in [-0.25, -0.2) is 14.6 Å². The van der Waals surface area contributed by atoms with E-state index in [-0.39, 0.29) is 22.1 Å². The SMILES string of the molecule is C=C(COO)N1C(=O)C(=Cc2ccc(-c3ccc(N(c4ccc5c(c4)C(CCCC)(CCCC)c4ccccc4-5)c4ccc5c(c4)C(CCCC)(CCCC)c4ccccc4-5)cc3)s2)C(=O)N(CCC(=O)O)C1=O. The molecule has 0 atom stereocenters. The van der Waals surface area contributed by atoms with E-state index >= 15 is 0 Å². The van der Waals surface area contributed by atoms with E-state index in [0.717, 1.165) is 105 Å². The molecular formula is C63H67N3O7S. The number of carboxylic acid groups (broad SMARTS) is 1. The third-order valence-electron chi connectivity index (χ3n) is 15.6. The number of imide groups is 2. The van der Waals surface area contributed by atoms with Crippen LogP contribution in [0.25, 0.3) is 38.8 Å². The molecule has 10 nitrogen and oxygen atoms in total. The first-order valence-electron chi connectivity index (χ1n) is 26.5. The van der Waals surface area contributed by atoms with Gasteiger partial charge in [0.05, 0.1) is 12.1 Å². The molecule has 74 heavy (non-hydrogen) atoms. The molecule has 9 rings (SSSR count). The van der Waals surface area contributed by atoms with Crippen molar-refractivity contribution in [1.82, 2.24) is 9.80 Å². The summed E-state index contributed by atoms with van der Waals surface area (Å²) < 4.78 is 0. The molecule has 6 aromatic rings. The van der Waals surface area contributed by atoms with E-state index in [1.807, 2.05) is 6.07 Å². The van der Waals surface area contributed by atoms with Gasteiger partial charge in [-0.3, -0.25) is 24.5 Å². The molecule has 0 spiro atoms. The van der Waals surface area contributed by atoms with Gasteiger partial charge in [0.1, 0.15) is 12.2 Å². The number of thiophene rings is 1. The predicted octanol–water partition coefficient (Wildman–Crippen LogP) is 15.8. The first-order valence-corrected chi connectivity index (χ1v) is 27.3. The molecule has 0 saturated carbocycles. The van der Waals surface area contributed by atoms with Gasteiger partial charge in [-0.15, -0.1) is 11.3 Å². The third kappa shape index (κ3) is 9.46. The lowest BCUT2D eigenvalue weighted by Gasteiger charge is -2.35. The summed E-state index contributed by atoms with van der Waals surface area (Å²) in [5.74, 6) is -3.08. The van der Waals surface area contributed by atoms with Crippen LogP contribution in [0, 0.1) is 0 Å². The molecule has 0 bridgehead atoms. The molecule has 1 aromatic heterocycles. The smallest absolute Gasteiger partial charge is 0.338 e. The van der Waals surface area contributed by atoms with Gasteiger partial charge < -0.3 is 10.0 Å². The Morgan fingerprint density at radius 1 is 0.635 bits per heavy atom. The summed E-state index contributed by atoms with van der Waals surface area (Å²) in [5.41, 5.74) is 14.5. The number of anilines is 3. The topological polar surface area (TPSA) is 128 Å². The van der Waals surface area contributed by atoms with E-state index in [0.29, 0.717) is 14.7 Å². The number of amides is 4. The zero-order chi connectivity index (χ0) is 52.1. The fraction of sp³-hybridized carbons (Fsp3) is 0.333. The van der Waals surface area contributed by atoms with E-state index in [1.165, 1.54) is 61.9 Å². The molecule has 11 heteroatoms. The average molecular weight is 1010 g/mol. The molecule has 5 aromatic carbocycles. The standard InChI is InChI=1S/C63H67N3O7S/c1-6-10-33-62(34-11-7-2)53-20-16-14-18-48(53)50-29-26-45(38-55(50)62)66(46-27-30-51-49-19-15-17-21-54(49)63(35-12-8-3,36-13-9-4)56(51)39-46)44-24-22-43(23-25-44)57-31-28-47(74-57)40-52-59(69)64(37-32-58(67)68)61(71)65(60(52)70)42(5)41-73-72/h14-31,38-40,72H,5-13,32-37,41H2,1-4H3,(H,67,68). The summed E-state index contributed by atoms with van der Waals surface area (Å²) >= 11 is 1.37. The minimum Gasteiger partial charge on any atom is -0.481 e. The van der Waals surface area contributed by atoms with Crippen molar-refractivity contribution in [2.24, 2.45) is 0 Å². The van der Waals surface area contributed by atoms with Crippen LogP contribution in [0.15, 0.2) is 139 Å². The second-order valence-corrected chi connectivity index (χ2v) is 21.3. The van der Waals surface area contributed by atoms with E-state index in [9.17, 15) is 24.3 Å². The van der Waals surface area contributed by atoms with E-state index in [4.69, 9.17) is 5.26 Å². The fourth-order valence-corrected chi connectivity index (χ4v) is 12.9. The number of carbonyl (C=O) groups excluding carboxylic acids is 3. The molecule has 1 fully saturated rings. The molecule has 2 aliphatic carbocycles. The summed E-state index contributed by atoms with van der Waals surface area (Å²) in [5, 5.41) is 18.5. The Balaban J connectivity index is 1.15. The molecule has 0 unspecified atom stereocenters. The first-order chi connectivity index (χ1) is 35.9. The van der Waals surface area contributed by atoms with Crippen LogP contribution in [0.5, 0.6) is 0 Å². The summed E-state index contributed by atoms with van der Waals surface area (Å²) in [6, 6.07) is 43.7. The molecule has 1 aliphatic heterocycles. The number of aliphatic carboxylic acids is 1. The number of unbranched alkanes of at least 4 members (excludes halogenated alkanes) is 4. The van der Waals surface area contributed by atoms with E-state index in [2.05, 4.69) is 153 Å². The van der Waals surface area contributed by atoms with Gasteiger partial charge in [-0.05, 0) is 130 Å². The van der Waals surface area contributed by atoms with Gasteiger partial charge in [0.2, 0.25) is 0 Å². The minimum absolute atomic E-state index is 0.0933. The first kappa shape index (κ1) is 52.0. The number of carboxylic acids is 1. The maximum Gasteiger partial charge on any atom is 0.338 e. The van der Waals surface area contributed by atoms with Crippen LogP contribution in [-0.4, -0.2) is 57.1 Å². The molecular weight excluding hydrogens is 943 g/mol. The van der Waals surface area contributed by atoms with Crippen LogP contribution >= 0.6 is 11.3 Å². The third-order valence-corrected chi connectivity index (χ3v) is 16.7. The van der Waals surface area contributed by atoms with Gasteiger partial charge in [0.25, 0.3) is 11.8 Å². The maximum atomic E-state index is 13.7. The number of nitrogens with zero attached hydrogens (tertiary/aromatic N) is 3. The number of benzene rings is 5. The van der Waals surface area contributed by atoms with Gasteiger partial charge in [0.15, 0.2) is 0 Å². The van der Waals surface area contributed by atoms with Crippen LogP contribution in [-0.2, 0) is 30.1 Å². The Labute approximate surface area is 439 Å². The minimum atomic E-state index is -1.22. The van der Waals surface area contributed by atoms with Crippen molar-refractivity contribution < 1.29 is 34.4 Å². The molecule has 2 N–H and O–H groups in total. The Morgan fingerprint density at radius 2 is 1.12 bits per heavy atom. The molecule has 1 saturated heterocycles. The van der Waals surface area contributed by atoms with Gasteiger partial charge in [0, 0.05) is 44.2 Å². The highest BCUT2D eigenvalue weighted by Crippen LogP contribution is 2.58.